The zero-order valence-electron chi connectivity index (χ0n) is 14.6. The van der Waals surface area contributed by atoms with Gasteiger partial charge in [0.15, 0.2) is 0 Å². The van der Waals surface area contributed by atoms with Crippen LogP contribution in [0.4, 0.5) is 10.5 Å². The third-order valence-corrected chi connectivity index (χ3v) is 5.78. The molecule has 8 heteroatoms. The van der Waals surface area contributed by atoms with Crippen LogP contribution in [-0.4, -0.2) is 60.6 Å². The van der Waals surface area contributed by atoms with E-state index in [2.05, 4.69) is 10.3 Å². The molecule has 1 atom stereocenters. The third kappa shape index (κ3) is 3.74. The van der Waals surface area contributed by atoms with Crippen LogP contribution in [0.5, 0.6) is 0 Å². The van der Waals surface area contributed by atoms with Gasteiger partial charge in [0, 0.05) is 36.8 Å². The van der Waals surface area contributed by atoms with Gasteiger partial charge in [0.05, 0.1) is 17.5 Å². The predicted molar refractivity (Wildman–Crippen MR) is 98.1 cm³/mol. The summed E-state index contributed by atoms with van der Waals surface area (Å²) in [5.74, 6) is 0. The van der Waals surface area contributed by atoms with E-state index in [9.17, 15) is 13.2 Å². The van der Waals surface area contributed by atoms with Crippen LogP contribution in [0.15, 0.2) is 30.3 Å². The van der Waals surface area contributed by atoms with Crippen molar-refractivity contribution >= 4 is 32.6 Å². The second kappa shape index (κ2) is 6.61. The quantitative estimate of drug-likeness (QED) is 0.886. The second-order valence-corrected chi connectivity index (χ2v) is 8.36. The number of pyridine rings is 1. The normalized spacial score (nSPS) is 19.2. The first-order valence-electron chi connectivity index (χ1n) is 8.15. The fourth-order valence-electron chi connectivity index (χ4n) is 3.16. The number of anilines is 1. The maximum atomic E-state index is 12.6. The number of carbonyl (C=O) groups is 1. The van der Waals surface area contributed by atoms with Crippen molar-refractivity contribution in [1.82, 2.24) is 14.2 Å². The Hall–Kier alpha value is -2.19. The zero-order valence-corrected chi connectivity index (χ0v) is 15.4. The Morgan fingerprint density at radius 2 is 2.00 bits per heavy atom. The van der Waals surface area contributed by atoms with Gasteiger partial charge >= 0.3 is 6.03 Å². The van der Waals surface area contributed by atoms with Crippen LogP contribution < -0.4 is 5.32 Å². The Balaban J connectivity index is 1.77. The SMILES string of the molecule is Cc1ccc2cccc(NC(=O)N3CCN(S(C)(=O)=O)[C@@H](C)C3)c2n1. The molecule has 0 bridgehead atoms. The molecule has 7 nitrogen and oxygen atoms in total. The molecule has 2 aromatic rings. The van der Waals surface area contributed by atoms with Gasteiger partial charge in [0.2, 0.25) is 10.0 Å². The van der Waals surface area contributed by atoms with E-state index in [4.69, 9.17) is 0 Å². The first kappa shape index (κ1) is 17.6. The maximum Gasteiger partial charge on any atom is 0.322 e. The largest absolute Gasteiger partial charge is 0.322 e. The number of nitrogens with one attached hydrogen (secondary N) is 1. The molecule has 1 aromatic carbocycles. The first-order valence-corrected chi connectivity index (χ1v) is 9.99. The number of carbonyl (C=O) groups excluding carboxylic acids is 1. The number of fused-ring (bicyclic) bond motifs is 1. The molecule has 1 N–H and O–H groups in total. The molecule has 2 heterocycles. The topological polar surface area (TPSA) is 82.6 Å². The minimum atomic E-state index is -3.25. The highest BCUT2D eigenvalue weighted by Crippen LogP contribution is 2.22. The van der Waals surface area contributed by atoms with Gasteiger partial charge in [0.1, 0.15) is 0 Å². The Morgan fingerprint density at radius 1 is 1.24 bits per heavy atom. The van der Waals surface area contributed by atoms with E-state index in [1.54, 1.807) is 4.90 Å². The molecular formula is C17H22N4O3S. The van der Waals surface area contributed by atoms with Crippen LogP contribution in [0.2, 0.25) is 0 Å². The monoisotopic (exact) mass is 362 g/mol. The van der Waals surface area contributed by atoms with Gasteiger partial charge < -0.3 is 10.2 Å². The van der Waals surface area contributed by atoms with Crippen LogP contribution in [0.3, 0.4) is 0 Å². The number of rotatable bonds is 2. The number of aryl methyl sites for hydroxylation is 1. The lowest BCUT2D eigenvalue weighted by Gasteiger charge is -2.38. The summed E-state index contributed by atoms with van der Waals surface area (Å²) in [6.07, 6.45) is 1.20. The van der Waals surface area contributed by atoms with E-state index in [1.165, 1.54) is 10.6 Å². The van der Waals surface area contributed by atoms with Crippen molar-refractivity contribution in [2.45, 2.75) is 19.9 Å². The molecule has 1 aliphatic heterocycles. The van der Waals surface area contributed by atoms with Crippen molar-refractivity contribution in [1.29, 1.82) is 0 Å². The van der Waals surface area contributed by atoms with E-state index < -0.39 is 10.0 Å². The van der Waals surface area contributed by atoms with Gasteiger partial charge in [-0.05, 0) is 26.0 Å². The molecule has 0 unspecified atom stereocenters. The smallest absolute Gasteiger partial charge is 0.322 e. The number of sulfonamides is 1. The molecule has 3 rings (SSSR count). The molecular weight excluding hydrogens is 340 g/mol. The summed E-state index contributed by atoms with van der Waals surface area (Å²) in [7, 11) is -3.25. The summed E-state index contributed by atoms with van der Waals surface area (Å²) in [5.41, 5.74) is 2.28. The number of hydrogen-bond acceptors (Lipinski definition) is 4. The van der Waals surface area contributed by atoms with Crippen LogP contribution in [0.25, 0.3) is 10.9 Å². The molecule has 0 saturated carbocycles. The van der Waals surface area contributed by atoms with Gasteiger partial charge in [-0.2, -0.15) is 4.31 Å². The number of benzene rings is 1. The van der Waals surface area contributed by atoms with Crippen LogP contribution in [0, 0.1) is 6.92 Å². The highest BCUT2D eigenvalue weighted by Gasteiger charge is 2.31. The minimum absolute atomic E-state index is 0.240. The molecule has 134 valence electrons. The Kier molecular flexibility index (Phi) is 4.66. The van der Waals surface area contributed by atoms with Crippen molar-refractivity contribution in [2.24, 2.45) is 0 Å². The lowest BCUT2D eigenvalue weighted by Crippen LogP contribution is -2.55. The Bertz CT molecular complexity index is 913. The summed E-state index contributed by atoms with van der Waals surface area (Å²) >= 11 is 0. The molecule has 0 spiro atoms. The van der Waals surface area contributed by atoms with Crippen LogP contribution in [0.1, 0.15) is 12.6 Å². The van der Waals surface area contributed by atoms with E-state index >= 15 is 0 Å². The second-order valence-electron chi connectivity index (χ2n) is 6.43. The number of hydrogen-bond donors (Lipinski definition) is 1. The third-order valence-electron chi connectivity index (χ3n) is 4.38. The molecule has 0 radical (unpaired) electrons. The molecule has 0 aliphatic carbocycles. The van der Waals surface area contributed by atoms with Crippen molar-refractivity contribution in [3.8, 4) is 0 Å². The predicted octanol–water partition coefficient (Wildman–Crippen LogP) is 2.04. The molecule has 1 aromatic heterocycles. The lowest BCUT2D eigenvalue weighted by atomic mass is 10.1. The molecule has 25 heavy (non-hydrogen) atoms. The van der Waals surface area contributed by atoms with Crippen molar-refractivity contribution in [2.75, 3.05) is 31.2 Å². The van der Waals surface area contributed by atoms with Gasteiger partial charge in [-0.15, -0.1) is 0 Å². The number of para-hydroxylation sites is 1. The van der Waals surface area contributed by atoms with Crippen LogP contribution >= 0.6 is 0 Å². The van der Waals surface area contributed by atoms with Gasteiger partial charge in [-0.25, -0.2) is 13.2 Å². The van der Waals surface area contributed by atoms with Crippen LogP contribution in [-0.2, 0) is 10.0 Å². The fraction of sp³-hybridized carbons (Fsp3) is 0.412. The van der Waals surface area contributed by atoms with Crippen molar-refractivity contribution in [3.05, 3.63) is 36.0 Å². The fourth-order valence-corrected chi connectivity index (χ4v) is 4.29. The minimum Gasteiger partial charge on any atom is -0.322 e. The summed E-state index contributed by atoms with van der Waals surface area (Å²) in [6, 6.07) is 9.06. The summed E-state index contributed by atoms with van der Waals surface area (Å²) < 4.78 is 24.9. The molecule has 1 saturated heterocycles. The maximum absolute atomic E-state index is 12.6. The zero-order chi connectivity index (χ0) is 18.2. The van der Waals surface area contributed by atoms with E-state index in [0.29, 0.717) is 25.3 Å². The van der Waals surface area contributed by atoms with E-state index in [0.717, 1.165) is 16.6 Å². The number of urea groups is 1. The highest BCUT2D eigenvalue weighted by atomic mass is 32.2. The van der Waals surface area contributed by atoms with E-state index in [-0.39, 0.29) is 12.1 Å². The first-order chi connectivity index (χ1) is 11.8. The van der Waals surface area contributed by atoms with Gasteiger partial charge in [-0.1, -0.05) is 18.2 Å². The van der Waals surface area contributed by atoms with E-state index in [1.807, 2.05) is 44.2 Å². The van der Waals surface area contributed by atoms with Gasteiger partial charge in [-0.3, -0.25) is 4.98 Å². The standard InChI is InChI=1S/C17H22N4O3S/c1-12-7-8-14-5-4-6-15(16(14)18-12)19-17(22)20-9-10-21(13(2)11-20)25(3,23)24/h4-8,13H,9-11H2,1-3H3,(H,19,22)/t13-/m0/s1. The average molecular weight is 362 g/mol. The summed E-state index contributed by atoms with van der Waals surface area (Å²) in [4.78, 5) is 18.8. The van der Waals surface area contributed by atoms with Crippen molar-refractivity contribution < 1.29 is 13.2 Å². The molecule has 1 aliphatic rings. The summed E-state index contributed by atoms with van der Waals surface area (Å²) in [5, 5.41) is 3.87. The lowest BCUT2D eigenvalue weighted by molar-refractivity contribution is 0.157. The molecule has 1 fully saturated rings. The Morgan fingerprint density at radius 3 is 2.68 bits per heavy atom. The Labute approximate surface area is 147 Å². The average Bonchev–Trinajstić information content (AvgIpc) is 2.54. The number of piperazine rings is 1. The van der Waals surface area contributed by atoms with Crippen molar-refractivity contribution in [3.63, 3.8) is 0 Å². The summed E-state index contributed by atoms with van der Waals surface area (Å²) in [6.45, 7) is 4.74. The number of amides is 2. The number of nitrogens with zero attached hydrogens (tertiary/aromatic N) is 3. The molecule has 2 amide bonds. The number of aromatic nitrogens is 1. The van der Waals surface area contributed by atoms with Gasteiger partial charge in [0.25, 0.3) is 0 Å². The highest BCUT2D eigenvalue weighted by molar-refractivity contribution is 7.88.